The van der Waals surface area contributed by atoms with Gasteiger partial charge in [-0.05, 0) is 31.4 Å². The number of hydrogen-bond donors (Lipinski definition) is 0. The largest absolute Gasteiger partial charge is 0.375 e. The molecule has 1 rings (SSSR count). The molecule has 0 atom stereocenters. The number of ketones is 1. The summed E-state index contributed by atoms with van der Waals surface area (Å²) in [7, 11) is 1.92. The van der Waals surface area contributed by atoms with E-state index in [0.717, 1.165) is 18.7 Å². The second-order valence-electron chi connectivity index (χ2n) is 5.12. The number of anilines is 1. The zero-order valence-electron chi connectivity index (χ0n) is 11.8. The van der Waals surface area contributed by atoms with Crippen molar-refractivity contribution < 1.29 is 9.72 Å². The van der Waals surface area contributed by atoms with Crippen molar-refractivity contribution in [2.45, 2.75) is 27.2 Å². The molecule has 5 heteroatoms. The summed E-state index contributed by atoms with van der Waals surface area (Å²) in [5, 5.41) is 10.9. The van der Waals surface area contributed by atoms with Gasteiger partial charge in [0.2, 0.25) is 0 Å². The molecule has 0 aliphatic heterocycles. The molecule has 104 valence electrons. The summed E-state index contributed by atoms with van der Waals surface area (Å²) in [5.41, 5.74) is 0.865. The minimum atomic E-state index is -0.519. The van der Waals surface area contributed by atoms with Crippen molar-refractivity contribution in [3.05, 3.63) is 33.9 Å². The number of Topliss-reactive ketones (excluding diaryl/α,β-unsaturated/α-hetero) is 1. The second-order valence-corrected chi connectivity index (χ2v) is 5.12. The molecule has 0 heterocycles. The number of nitro groups is 1. The first-order valence-electron chi connectivity index (χ1n) is 6.33. The third kappa shape index (κ3) is 4.05. The Bertz CT molecular complexity index is 484. The molecule has 0 amide bonds. The molecular weight excluding hydrogens is 244 g/mol. The summed E-state index contributed by atoms with van der Waals surface area (Å²) in [6, 6.07) is 4.68. The molecule has 0 saturated heterocycles. The quantitative estimate of drug-likeness (QED) is 0.449. The van der Waals surface area contributed by atoms with Crippen LogP contribution in [0, 0.1) is 16.0 Å². The Balaban J connectivity index is 3.01. The highest BCUT2D eigenvalue weighted by Crippen LogP contribution is 2.25. The Kier molecular flexibility index (Phi) is 5.03. The number of carbonyl (C=O) groups is 1. The maximum atomic E-state index is 11.5. The van der Waals surface area contributed by atoms with Crippen LogP contribution in [-0.4, -0.2) is 24.3 Å². The van der Waals surface area contributed by atoms with Crippen LogP contribution in [0.1, 0.15) is 37.6 Å². The van der Waals surface area contributed by atoms with Gasteiger partial charge in [-0.2, -0.15) is 0 Å². The molecule has 0 unspecified atom stereocenters. The van der Waals surface area contributed by atoms with Crippen LogP contribution in [0.2, 0.25) is 0 Å². The van der Waals surface area contributed by atoms with Crippen LogP contribution in [0.3, 0.4) is 0 Å². The van der Waals surface area contributed by atoms with E-state index in [4.69, 9.17) is 0 Å². The molecular formula is C14H20N2O3. The van der Waals surface area contributed by atoms with E-state index in [1.807, 2.05) is 11.9 Å². The van der Waals surface area contributed by atoms with Gasteiger partial charge in [-0.15, -0.1) is 0 Å². The lowest BCUT2D eigenvalue weighted by Crippen LogP contribution is -2.20. The average Bonchev–Trinajstić information content (AvgIpc) is 2.34. The lowest BCUT2D eigenvalue weighted by atomic mass is 10.1. The van der Waals surface area contributed by atoms with Gasteiger partial charge < -0.3 is 4.90 Å². The number of nitrogens with zero attached hydrogens (tertiary/aromatic N) is 2. The molecule has 1 aromatic carbocycles. The van der Waals surface area contributed by atoms with Crippen LogP contribution in [0.5, 0.6) is 0 Å². The predicted molar refractivity (Wildman–Crippen MR) is 75.8 cm³/mol. The number of benzene rings is 1. The van der Waals surface area contributed by atoms with Crippen LogP contribution in [0.25, 0.3) is 0 Å². The fourth-order valence-corrected chi connectivity index (χ4v) is 1.78. The topological polar surface area (TPSA) is 63.5 Å². The lowest BCUT2D eigenvalue weighted by molar-refractivity contribution is -0.385. The first-order valence-corrected chi connectivity index (χ1v) is 6.33. The Morgan fingerprint density at radius 3 is 2.53 bits per heavy atom. The number of carbonyl (C=O) groups excluding carboxylic acids is 1. The molecule has 0 aliphatic rings. The second kappa shape index (κ2) is 6.31. The molecule has 0 N–H and O–H groups in total. The van der Waals surface area contributed by atoms with Crippen molar-refractivity contribution >= 4 is 17.2 Å². The Morgan fingerprint density at radius 2 is 2.05 bits per heavy atom. The zero-order valence-corrected chi connectivity index (χ0v) is 11.8. The van der Waals surface area contributed by atoms with Gasteiger partial charge in [0.15, 0.2) is 5.78 Å². The van der Waals surface area contributed by atoms with Crippen molar-refractivity contribution in [2.75, 3.05) is 18.5 Å². The summed E-state index contributed by atoms with van der Waals surface area (Å²) in [6.07, 6.45) is 1.03. The molecule has 0 spiro atoms. The fraction of sp³-hybridized carbons (Fsp3) is 0.500. The smallest absolute Gasteiger partial charge is 0.280 e. The summed E-state index contributed by atoms with van der Waals surface area (Å²) in [4.78, 5) is 23.8. The van der Waals surface area contributed by atoms with E-state index in [0.29, 0.717) is 5.92 Å². The number of nitro benzene ring substituents is 1. The number of rotatable bonds is 6. The average molecular weight is 264 g/mol. The van der Waals surface area contributed by atoms with E-state index in [1.165, 1.54) is 13.0 Å². The summed E-state index contributed by atoms with van der Waals surface area (Å²) < 4.78 is 0. The molecule has 0 aromatic heterocycles. The van der Waals surface area contributed by atoms with E-state index in [1.54, 1.807) is 12.1 Å². The highest BCUT2D eigenvalue weighted by molar-refractivity contribution is 5.99. The van der Waals surface area contributed by atoms with Crippen LogP contribution < -0.4 is 4.90 Å². The van der Waals surface area contributed by atoms with Crippen LogP contribution >= 0.6 is 0 Å². The molecule has 0 bridgehead atoms. The monoisotopic (exact) mass is 264 g/mol. The third-order valence-corrected chi connectivity index (χ3v) is 3.04. The SMILES string of the molecule is CC(=O)c1cc(N(C)CCC(C)C)ccc1[N+](=O)[O-]. The predicted octanol–water partition coefficient (Wildman–Crippen LogP) is 3.28. The van der Waals surface area contributed by atoms with Crippen LogP contribution in [0.4, 0.5) is 11.4 Å². The van der Waals surface area contributed by atoms with Gasteiger partial charge in [0.1, 0.15) is 0 Å². The molecule has 1 aromatic rings. The highest BCUT2D eigenvalue weighted by atomic mass is 16.6. The summed E-state index contributed by atoms with van der Waals surface area (Å²) in [6.45, 7) is 6.49. The van der Waals surface area contributed by atoms with Gasteiger partial charge in [0, 0.05) is 25.3 Å². The van der Waals surface area contributed by atoms with Crippen molar-refractivity contribution in [3.8, 4) is 0 Å². The Morgan fingerprint density at radius 1 is 1.42 bits per heavy atom. The first kappa shape index (κ1) is 15.1. The summed E-state index contributed by atoms with van der Waals surface area (Å²) in [5.74, 6) is 0.304. The molecule has 19 heavy (non-hydrogen) atoms. The van der Waals surface area contributed by atoms with Gasteiger partial charge in [-0.3, -0.25) is 14.9 Å². The molecule has 0 fully saturated rings. The number of hydrogen-bond acceptors (Lipinski definition) is 4. The van der Waals surface area contributed by atoms with Crippen molar-refractivity contribution in [2.24, 2.45) is 5.92 Å². The molecule has 0 radical (unpaired) electrons. The van der Waals surface area contributed by atoms with Gasteiger partial charge >= 0.3 is 0 Å². The Labute approximate surface area is 113 Å². The maximum Gasteiger partial charge on any atom is 0.280 e. The van der Waals surface area contributed by atoms with E-state index >= 15 is 0 Å². The van der Waals surface area contributed by atoms with Gasteiger partial charge in [0.05, 0.1) is 10.5 Å². The third-order valence-electron chi connectivity index (χ3n) is 3.04. The maximum absolute atomic E-state index is 11.5. The lowest BCUT2D eigenvalue weighted by Gasteiger charge is -2.20. The molecule has 5 nitrogen and oxygen atoms in total. The van der Waals surface area contributed by atoms with E-state index < -0.39 is 4.92 Å². The van der Waals surface area contributed by atoms with E-state index in [-0.39, 0.29) is 17.0 Å². The molecule has 0 aliphatic carbocycles. The fourth-order valence-electron chi connectivity index (χ4n) is 1.78. The van der Waals surface area contributed by atoms with Crippen molar-refractivity contribution in [1.82, 2.24) is 0 Å². The molecule has 0 saturated carbocycles. The normalized spacial score (nSPS) is 10.6. The summed E-state index contributed by atoms with van der Waals surface area (Å²) >= 11 is 0. The van der Waals surface area contributed by atoms with Crippen molar-refractivity contribution in [1.29, 1.82) is 0 Å². The minimum Gasteiger partial charge on any atom is -0.375 e. The van der Waals surface area contributed by atoms with E-state index in [2.05, 4.69) is 13.8 Å². The van der Waals surface area contributed by atoms with Crippen molar-refractivity contribution in [3.63, 3.8) is 0 Å². The van der Waals surface area contributed by atoms with Crippen LogP contribution in [0.15, 0.2) is 18.2 Å². The van der Waals surface area contributed by atoms with Gasteiger partial charge in [0.25, 0.3) is 5.69 Å². The highest BCUT2D eigenvalue weighted by Gasteiger charge is 2.18. The Hall–Kier alpha value is -1.91. The van der Waals surface area contributed by atoms with E-state index in [9.17, 15) is 14.9 Å². The minimum absolute atomic E-state index is 0.131. The van der Waals surface area contributed by atoms with Crippen LogP contribution in [-0.2, 0) is 0 Å². The van der Waals surface area contributed by atoms with Gasteiger partial charge in [-0.1, -0.05) is 13.8 Å². The zero-order chi connectivity index (χ0) is 14.6. The van der Waals surface area contributed by atoms with Gasteiger partial charge in [-0.25, -0.2) is 0 Å². The standard InChI is InChI=1S/C14H20N2O3/c1-10(2)7-8-15(4)12-5-6-14(16(18)19)13(9-12)11(3)17/h5-6,9-10H,7-8H2,1-4H3. The first-order chi connectivity index (χ1) is 8.82.